The average molecular weight is 666 g/mol. The van der Waals surface area contributed by atoms with E-state index in [2.05, 4.69) is 9.88 Å². The lowest BCUT2D eigenvalue weighted by molar-refractivity contribution is -0.294. The predicted molar refractivity (Wildman–Crippen MR) is 173 cm³/mol. The monoisotopic (exact) mass is 664 g/mol. The summed E-state index contributed by atoms with van der Waals surface area (Å²) in [4.78, 5) is 21.4. The molecule has 0 spiro atoms. The van der Waals surface area contributed by atoms with Crippen LogP contribution >= 0.6 is 23.2 Å². The zero-order chi connectivity index (χ0) is 32.5. The fraction of sp³-hybridized carbons (Fsp3) is 0.242. The number of aliphatic carboxylic acids is 1. The van der Waals surface area contributed by atoms with Gasteiger partial charge >= 0.3 is 5.97 Å². The first kappa shape index (κ1) is 31.9. The zero-order valence-corrected chi connectivity index (χ0v) is 25.9. The van der Waals surface area contributed by atoms with Crippen LogP contribution in [0.5, 0.6) is 0 Å². The maximum atomic E-state index is 11.5. The molecule has 0 saturated carbocycles. The molecule has 0 bridgehead atoms. The molecule has 6 rings (SSSR count). The van der Waals surface area contributed by atoms with Crippen LogP contribution in [0.15, 0.2) is 89.9 Å². The molecule has 0 radical (unpaired) electrons. The van der Waals surface area contributed by atoms with Gasteiger partial charge in [-0.1, -0.05) is 35.3 Å². The number of carbonyl (C=O) groups is 1. The number of fused-ring (bicyclic) bond motifs is 2. The highest BCUT2D eigenvalue weighted by atomic mass is 35.5. The number of ether oxygens (including phenoxy) is 2. The molecule has 0 aromatic heterocycles. The molecule has 46 heavy (non-hydrogen) atoms. The quantitative estimate of drug-likeness (QED) is 0.152. The summed E-state index contributed by atoms with van der Waals surface area (Å²) < 4.78 is 13.0. The third kappa shape index (κ3) is 6.58. The van der Waals surface area contributed by atoms with Crippen molar-refractivity contribution in [2.24, 2.45) is 4.99 Å². The van der Waals surface area contributed by atoms with E-state index in [0.29, 0.717) is 26.8 Å². The number of carboxylic acids is 1. The van der Waals surface area contributed by atoms with Crippen LogP contribution in [0.25, 0.3) is 28.1 Å². The van der Waals surface area contributed by atoms with Gasteiger partial charge in [0.25, 0.3) is 0 Å². The first-order valence-electron chi connectivity index (χ1n) is 14.4. The molecule has 3 aromatic carbocycles. The molecule has 3 aliphatic rings. The number of para-hydroxylation sites is 2. The number of nitrogens with zero attached hydrogens (tertiary/aromatic N) is 3. The topological polar surface area (TPSA) is 159 Å². The van der Waals surface area contributed by atoms with E-state index in [4.69, 9.17) is 42.7 Å². The lowest BCUT2D eigenvalue weighted by Gasteiger charge is -2.38. The van der Waals surface area contributed by atoms with Gasteiger partial charge in [-0.2, -0.15) is 0 Å². The minimum Gasteiger partial charge on any atom is -0.479 e. The molecule has 13 heteroatoms. The Labute approximate surface area is 273 Å². The average Bonchev–Trinajstić information content (AvgIpc) is 3.04. The molecular weight excluding hydrogens is 635 g/mol. The summed E-state index contributed by atoms with van der Waals surface area (Å²) >= 11 is 12.3. The molecule has 238 valence electrons. The van der Waals surface area contributed by atoms with Crippen LogP contribution in [-0.2, 0) is 14.3 Å². The van der Waals surface area contributed by atoms with Gasteiger partial charge in [0.1, 0.15) is 18.3 Å². The highest BCUT2D eigenvalue weighted by Crippen LogP contribution is 2.31. The summed E-state index contributed by atoms with van der Waals surface area (Å²) in [6, 6.07) is 25.8. The van der Waals surface area contributed by atoms with Crippen molar-refractivity contribution in [2.45, 2.75) is 43.7 Å². The molecule has 1 aliphatic carbocycles. The largest absolute Gasteiger partial charge is 0.479 e. The first-order valence-corrected chi connectivity index (χ1v) is 15.2. The van der Waals surface area contributed by atoms with Crippen LogP contribution in [0.4, 0.5) is 11.4 Å². The van der Waals surface area contributed by atoms with Crippen molar-refractivity contribution in [3.63, 3.8) is 0 Å². The molecule has 1 fully saturated rings. The Morgan fingerprint density at radius 1 is 0.978 bits per heavy atom. The third-order valence-electron chi connectivity index (χ3n) is 7.58. The van der Waals surface area contributed by atoms with Crippen LogP contribution < -0.4 is 10.7 Å². The molecule has 3 aromatic rings. The maximum Gasteiger partial charge on any atom is 0.335 e. The number of aliphatic hydroxyl groups is 3. The summed E-state index contributed by atoms with van der Waals surface area (Å²) in [5.74, 6) is -1.49. The van der Waals surface area contributed by atoms with Gasteiger partial charge in [-0.3, -0.25) is 4.99 Å². The van der Waals surface area contributed by atoms with Crippen LogP contribution in [-0.4, -0.2) is 79.3 Å². The third-order valence-corrected chi connectivity index (χ3v) is 8.08. The number of hydrogen-bond donors (Lipinski definition) is 5. The Hall–Kier alpha value is -4.07. The van der Waals surface area contributed by atoms with Crippen LogP contribution in [0.2, 0.25) is 10.0 Å². The fourth-order valence-corrected chi connectivity index (χ4v) is 5.56. The van der Waals surface area contributed by atoms with E-state index in [9.17, 15) is 25.2 Å². The SMILES string of the molecule is CC(COC1O[C@H](C(=O)O)[C@@H](O)[C@H](O)[C@H]1O)N=c1cc2n(-c3ccc(Cl)cc3)c3ccccc3nc-2cc1Nc1ccc(Cl)cc1. The second kappa shape index (κ2) is 13.3. The van der Waals surface area contributed by atoms with Crippen molar-refractivity contribution in [1.82, 2.24) is 9.55 Å². The molecule has 1 saturated heterocycles. The number of nitrogens with one attached hydrogen (secondary N) is 1. The molecule has 0 amide bonds. The second-order valence-corrected chi connectivity index (χ2v) is 11.8. The van der Waals surface area contributed by atoms with E-state index in [1.165, 1.54) is 0 Å². The summed E-state index contributed by atoms with van der Waals surface area (Å²) in [7, 11) is 0. The van der Waals surface area contributed by atoms with Crippen molar-refractivity contribution in [2.75, 3.05) is 11.9 Å². The highest BCUT2D eigenvalue weighted by molar-refractivity contribution is 6.30. The number of aliphatic hydroxyl groups excluding tert-OH is 3. The van der Waals surface area contributed by atoms with Crippen LogP contribution in [0.3, 0.4) is 0 Å². The Morgan fingerprint density at radius 3 is 2.35 bits per heavy atom. The van der Waals surface area contributed by atoms with Crippen LogP contribution in [0, 0.1) is 0 Å². The van der Waals surface area contributed by atoms with E-state index in [1.54, 1.807) is 19.1 Å². The van der Waals surface area contributed by atoms with Crippen molar-refractivity contribution in [1.29, 1.82) is 0 Å². The lowest BCUT2D eigenvalue weighted by Crippen LogP contribution is -2.60. The number of halogens is 2. The van der Waals surface area contributed by atoms with Crippen molar-refractivity contribution >= 4 is 51.6 Å². The van der Waals surface area contributed by atoms with Gasteiger partial charge in [0.15, 0.2) is 12.4 Å². The Bertz CT molecular complexity index is 1900. The molecule has 5 N–H and O–H groups in total. The minimum absolute atomic E-state index is 0.109. The predicted octanol–water partition coefficient (Wildman–Crippen LogP) is 4.38. The summed E-state index contributed by atoms with van der Waals surface area (Å²) in [6.07, 6.45) is -8.52. The Kier molecular flexibility index (Phi) is 9.25. The standard InChI is InChI=1S/C33H30Cl2N4O7/c1-17(16-45-33-30(42)28(40)29(41)31(46-33)32(43)44)36-24-15-27-25(14-23(24)37-20-10-6-18(34)7-11-20)38-22-4-2-3-5-26(22)39(27)21-12-8-19(35)9-13-21/h2-15,17,28-31,33,37,40-42H,16H2,1H3,(H,43,44)/t17?,28-,29-,30+,31-,33?/m0/s1. The zero-order valence-electron chi connectivity index (χ0n) is 24.4. The normalized spacial score (nSPS) is 22.7. The van der Waals surface area contributed by atoms with E-state index in [-0.39, 0.29) is 6.61 Å². The van der Waals surface area contributed by atoms with E-state index in [1.807, 2.05) is 72.8 Å². The van der Waals surface area contributed by atoms with Gasteiger partial charge in [0.05, 0.1) is 46.1 Å². The van der Waals surface area contributed by atoms with E-state index in [0.717, 1.165) is 28.1 Å². The smallest absolute Gasteiger partial charge is 0.335 e. The highest BCUT2D eigenvalue weighted by Gasteiger charge is 2.47. The first-order chi connectivity index (χ1) is 22.1. The second-order valence-electron chi connectivity index (χ2n) is 10.9. The number of aromatic nitrogens is 2. The molecule has 6 atom stereocenters. The fourth-order valence-electron chi connectivity index (χ4n) is 5.30. The minimum atomic E-state index is -1.81. The molecule has 2 unspecified atom stereocenters. The summed E-state index contributed by atoms with van der Waals surface area (Å²) in [5, 5.41) is 45.0. The number of carboxylic acid groups (broad SMARTS) is 1. The molecule has 11 nitrogen and oxygen atoms in total. The summed E-state index contributed by atoms with van der Waals surface area (Å²) in [5.41, 5.74) is 5.39. The number of rotatable bonds is 8. The van der Waals surface area contributed by atoms with E-state index < -0.39 is 42.7 Å². The van der Waals surface area contributed by atoms with E-state index >= 15 is 0 Å². The van der Waals surface area contributed by atoms with Gasteiger partial charge in [-0.15, -0.1) is 0 Å². The Balaban J connectivity index is 1.43. The molecule has 2 heterocycles. The lowest BCUT2D eigenvalue weighted by atomic mass is 9.99. The van der Waals surface area contributed by atoms with Crippen LogP contribution in [0.1, 0.15) is 6.92 Å². The Morgan fingerprint density at radius 2 is 1.65 bits per heavy atom. The van der Waals surface area contributed by atoms with Gasteiger partial charge in [0.2, 0.25) is 0 Å². The van der Waals surface area contributed by atoms with Gasteiger partial charge < -0.3 is 39.8 Å². The van der Waals surface area contributed by atoms with Gasteiger partial charge in [-0.25, -0.2) is 9.78 Å². The molecular formula is C33H30Cl2N4O7. The van der Waals surface area contributed by atoms with Crippen molar-refractivity contribution in [3.8, 4) is 17.1 Å². The maximum absolute atomic E-state index is 11.5. The number of anilines is 2. The number of benzene rings is 4. The number of hydrogen-bond acceptors (Lipinski definition) is 9. The molecule has 2 aliphatic heterocycles. The summed E-state index contributed by atoms with van der Waals surface area (Å²) in [6.45, 7) is 1.67. The van der Waals surface area contributed by atoms with Gasteiger partial charge in [-0.05, 0) is 79.7 Å². The van der Waals surface area contributed by atoms with Crippen molar-refractivity contribution < 1.29 is 34.7 Å². The van der Waals surface area contributed by atoms with Gasteiger partial charge in [0, 0.05) is 21.4 Å². The van der Waals surface area contributed by atoms with Crippen molar-refractivity contribution in [3.05, 3.63) is 100 Å².